The maximum Gasteiger partial charge on any atom is 0.146 e. The number of hydrogen-bond acceptors (Lipinski definition) is 2. The molecule has 0 N–H and O–H groups in total. The first-order valence-electron chi connectivity index (χ1n) is 12.8. The van der Waals surface area contributed by atoms with Crippen molar-refractivity contribution in [1.82, 2.24) is 0 Å². The molecular formula is C25H27B9O2. The van der Waals surface area contributed by atoms with Crippen molar-refractivity contribution in [2.75, 3.05) is 7.11 Å². The second-order valence-electron chi connectivity index (χ2n) is 10.4. The van der Waals surface area contributed by atoms with Crippen LogP contribution in [0.1, 0.15) is 0 Å². The molecule has 11 heteroatoms. The molecule has 5 rings (SSSR count). The van der Waals surface area contributed by atoms with E-state index in [2.05, 4.69) is 94.9 Å². The van der Waals surface area contributed by atoms with Crippen LogP contribution in [-0.2, 0) is 0 Å². The molecule has 1 heterocycles. The average molecular weight is 457 g/mol. The molecule has 5 aromatic rings. The molecule has 0 saturated carbocycles. The summed E-state index contributed by atoms with van der Waals surface area (Å²) in [5.41, 5.74) is 18.9. The Kier molecular flexibility index (Phi) is 6.10. The molecule has 0 saturated heterocycles. The van der Waals surface area contributed by atoms with Gasteiger partial charge in [-0.3, -0.25) is 0 Å². The summed E-state index contributed by atoms with van der Waals surface area (Å²) in [6.07, 6.45) is 0. The SMILES string of the molecule is Bc1c(B)c(B)c(-c2c(B)c(B)c(-c3c(OC)ccc4c3oc3ccccc34)c(B)c2B)c(B)c1B. The first-order valence-corrected chi connectivity index (χ1v) is 12.8. The van der Waals surface area contributed by atoms with Crippen molar-refractivity contribution in [1.29, 1.82) is 0 Å². The highest BCUT2D eigenvalue weighted by atomic mass is 16.5. The third-order valence-electron chi connectivity index (χ3n) is 8.85. The second-order valence-corrected chi connectivity index (χ2v) is 10.4. The summed E-state index contributed by atoms with van der Waals surface area (Å²) in [7, 11) is 22.1. The number of benzene rings is 4. The van der Waals surface area contributed by atoms with Crippen LogP contribution >= 0.6 is 0 Å². The molecule has 36 heavy (non-hydrogen) atoms. The zero-order chi connectivity index (χ0) is 26.0. The lowest BCUT2D eigenvalue weighted by Crippen LogP contribution is -2.57. The molecule has 1 aromatic heterocycles. The number of rotatable bonds is 3. The molecule has 0 spiro atoms. The van der Waals surface area contributed by atoms with Crippen molar-refractivity contribution in [3.63, 3.8) is 0 Å². The largest absolute Gasteiger partial charge is 0.496 e. The van der Waals surface area contributed by atoms with Crippen molar-refractivity contribution in [3.05, 3.63) is 36.4 Å². The van der Waals surface area contributed by atoms with Crippen LogP contribution in [0.15, 0.2) is 40.8 Å². The van der Waals surface area contributed by atoms with Crippen molar-refractivity contribution in [3.8, 4) is 28.0 Å². The molecule has 0 radical (unpaired) electrons. The van der Waals surface area contributed by atoms with Crippen molar-refractivity contribution < 1.29 is 9.15 Å². The van der Waals surface area contributed by atoms with Gasteiger partial charge in [0.15, 0.2) is 0 Å². The van der Waals surface area contributed by atoms with E-state index in [1.54, 1.807) is 7.11 Å². The monoisotopic (exact) mass is 458 g/mol. The van der Waals surface area contributed by atoms with Gasteiger partial charge in [0.1, 0.15) is 87.5 Å². The number of hydrogen-bond donors (Lipinski definition) is 0. The Morgan fingerprint density at radius 2 is 0.944 bits per heavy atom. The van der Waals surface area contributed by atoms with Crippen molar-refractivity contribution >= 4 is 142 Å². The molecule has 2 nitrogen and oxygen atoms in total. The van der Waals surface area contributed by atoms with Gasteiger partial charge in [0.2, 0.25) is 0 Å². The highest BCUT2D eigenvalue weighted by Gasteiger charge is 2.25. The van der Waals surface area contributed by atoms with E-state index >= 15 is 0 Å². The van der Waals surface area contributed by atoms with Gasteiger partial charge in [-0.1, -0.05) is 51.0 Å². The van der Waals surface area contributed by atoms with Crippen molar-refractivity contribution in [2.24, 2.45) is 0 Å². The molecule has 0 aliphatic rings. The second kappa shape index (κ2) is 8.87. The van der Waals surface area contributed by atoms with E-state index in [-0.39, 0.29) is 0 Å². The minimum absolute atomic E-state index is 0.841. The lowest BCUT2D eigenvalue weighted by molar-refractivity contribution is 0.416. The Balaban J connectivity index is 1.91. The van der Waals surface area contributed by atoms with Crippen LogP contribution in [0, 0.1) is 0 Å². The van der Waals surface area contributed by atoms with Crippen LogP contribution in [0.2, 0.25) is 0 Å². The summed E-state index contributed by atoms with van der Waals surface area (Å²) in [5.74, 6) is 0.841. The van der Waals surface area contributed by atoms with Gasteiger partial charge in [0.05, 0.1) is 12.7 Å². The maximum atomic E-state index is 6.49. The first kappa shape index (κ1) is 24.7. The lowest BCUT2D eigenvalue weighted by atomic mass is 9.56. The van der Waals surface area contributed by atoms with E-state index < -0.39 is 0 Å². The standard InChI is InChI=1S/C25H27B9O2/c1-35-11-7-6-9-8-4-2-3-5-10(8)36-25(9)12(11)13-16(26)18(28)14(19(29)17(13)27)15-20(30)22(32)24(34)23(33)21(15)31/h2-7H,26-34H2,1H3. The molecule has 0 aliphatic carbocycles. The smallest absolute Gasteiger partial charge is 0.146 e. The Morgan fingerprint density at radius 3 is 1.47 bits per heavy atom. The number of fused-ring (bicyclic) bond motifs is 3. The van der Waals surface area contributed by atoms with Gasteiger partial charge in [-0.2, -0.15) is 0 Å². The fraction of sp³-hybridized carbons (Fsp3) is 0.0400. The molecule has 0 atom stereocenters. The van der Waals surface area contributed by atoms with E-state index in [0.29, 0.717) is 0 Å². The summed E-state index contributed by atoms with van der Waals surface area (Å²) in [6, 6.07) is 12.5. The van der Waals surface area contributed by atoms with Gasteiger partial charge < -0.3 is 9.15 Å². The Hall–Kier alpha value is -2.94. The summed E-state index contributed by atoms with van der Waals surface area (Å²) in [5, 5.41) is 2.25. The maximum absolute atomic E-state index is 6.49. The molecule has 0 aliphatic heterocycles. The van der Waals surface area contributed by atoms with E-state index in [1.165, 1.54) is 65.9 Å². The van der Waals surface area contributed by atoms with Crippen LogP contribution in [0.25, 0.3) is 44.2 Å². The van der Waals surface area contributed by atoms with Crippen LogP contribution in [0.5, 0.6) is 5.75 Å². The van der Waals surface area contributed by atoms with Crippen LogP contribution in [-0.4, -0.2) is 77.7 Å². The minimum atomic E-state index is 0.841. The number of methoxy groups -OCH3 is 1. The van der Waals surface area contributed by atoms with Gasteiger partial charge in [0, 0.05) is 10.8 Å². The van der Waals surface area contributed by atoms with Gasteiger partial charge in [-0.25, -0.2) is 0 Å². The third kappa shape index (κ3) is 3.39. The van der Waals surface area contributed by atoms with Crippen LogP contribution < -0.4 is 53.9 Å². The quantitative estimate of drug-likeness (QED) is 0.252. The molecular weight excluding hydrogens is 430 g/mol. The van der Waals surface area contributed by atoms with Gasteiger partial charge in [-0.15, -0.1) is 16.4 Å². The fourth-order valence-corrected chi connectivity index (χ4v) is 6.12. The fourth-order valence-electron chi connectivity index (χ4n) is 6.12. The first-order chi connectivity index (χ1) is 17.1. The highest BCUT2D eigenvalue weighted by Crippen LogP contribution is 2.40. The van der Waals surface area contributed by atoms with Crippen LogP contribution in [0.3, 0.4) is 0 Å². The Bertz CT molecular complexity index is 1670. The number of para-hydroxylation sites is 1. The third-order valence-corrected chi connectivity index (χ3v) is 8.85. The summed E-state index contributed by atoms with van der Waals surface area (Å²) in [4.78, 5) is 0. The van der Waals surface area contributed by atoms with Gasteiger partial charge in [-0.05, 0) is 34.9 Å². The topological polar surface area (TPSA) is 22.4 Å². The summed E-state index contributed by atoms with van der Waals surface area (Å²) >= 11 is 0. The lowest BCUT2D eigenvalue weighted by Gasteiger charge is -2.28. The normalized spacial score (nSPS) is 11.4. The highest BCUT2D eigenvalue weighted by molar-refractivity contribution is 6.70. The molecule has 4 aromatic carbocycles. The Labute approximate surface area is 222 Å². The average Bonchev–Trinajstić information content (AvgIpc) is 3.26. The Morgan fingerprint density at radius 1 is 0.500 bits per heavy atom. The molecule has 0 amide bonds. The van der Waals surface area contributed by atoms with E-state index in [0.717, 1.165) is 33.3 Å². The van der Waals surface area contributed by atoms with E-state index in [1.807, 2.05) is 12.1 Å². The van der Waals surface area contributed by atoms with E-state index in [9.17, 15) is 0 Å². The van der Waals surface area contributed by atoms with Gasteiger partial charge >= 0.3 is 0 Å². The van der Waals surface area contributed by atoms with Crippen molar-refractivity contribution in [2.45, 2.75) is 0 Å². The predicted molar refractivity (Wildman–Crippen MR) is 185 cm³/mol. The van der Waals surface area contributed by atoms with Gasteiger partial charge in [0.25, 0.3) is 0 Å². The summed E-state index contributed by atoms with van der Waals surface area (Å²) < 4.78 is 12.4. The molecule has 0 unspecified atom stereocenters. The zero-order valence-corrected chi connectivity index (χ0v) is 23.3. The van der Waals surface area contributed by atoms with Crippen LogP contribution in [0.4, 0.5) is 0 Å². The molecule has 0 fully saturated rings. The zero-order valence-electron chi connectivity index (χ0n) is 23.3. The molecule has 166 valence electrons. The summed E-state index contributed by atoms with van der Waals surface area (Å²) in [6.45, 7) is 0. The van der Waals surface area contributed by atoms with E-state index in [4.69, 9.17) is 9.15 Å². The number of furan rings is 1. The number of ether oxygens (including phenoxy) is 1. The molecule has 0 bridgehead atoms. The minimum Gasteiger partial charge on any atom is -0.496 e. The predicted octanol–water partition coefficient (Wildman–Crippen LogP) is -8.75.